The van der Waals surface area contributed by atoms with E-state index in [1.807, 2.05) is 30.3 Å². The number of carbonyl (C=O) groups excluding carboxylic acids is 1. The first-order valence-electron chi connectivity index (χ1n) is 7.42. The molecule has 0 heterocycles. The smallest absolute Gasteiger partial charge is 0.321 e. The van der Waals surface area contributed by atoms with Gasteiger partial charge in [0.25, 0.3) is 5.69 Å². The van der Waals surface area contributed by atoms with Gasteiger partial charge in [-0.15, -0.1) is 0 Å². The predicted molar refractivity (Wildman–Crippen MR) is 91.4 cm³/mol. The van der Waals surface area contributed by atoms with Crippen molar-refractivity contribution in [3.63, 3.8) is 0 Å². The summed E-state index contributed by atoms with van der Waals surface area (Å²) in [6.45, 7) is 2.51. The van der Waals surface area contributed by atoms with Crippen LogP contribution in [-0.2, 0) is 0 Å². The monoisotopic (exact) mass is 329 g/mol. The number of urea groups is 1. The number of carbonyl (C=O) groups is 1. The molecule has 0 aliphatic rings. The fourth-order valence-corrected chi connectivity index (χ4v) is 1.99. The van der Waals surface area contributed by atoms with Gasteiger partial charge in [0.05, 0.1) is 17.2 Å². The van der Waals surface area contributed by atoms with Crippen molar-refractivity contribution >= 4 is 17.4 Å². The van der Waals surface area contributed by atoms with Gasteiger partial charge in [-0.3, -0.25) is 10.1 Å². The predicted octanol–water partition coefficient (Wildman–Crippen LogP) is 3.45. The van der Waals surface area contributed by atoms with Crippen LogP contribution in [0.3, 0.4) is 0 Å². The second-order valence-electron chi connectivity index (χ2n) is 5.27. The molecule has 7 nitrogen and oxygen atoms in total. The van der Waals surface area contributed by atoms with E-state index in [0.717, 1.165) is 11.3 Å². The average molecular weight is 329 g/mol. The summed E-state index contributed by atoms with van der Waals surface area (Å²) in [6.07, 6.45) is 0. The first-order chi connectivity index (χ1) is 11.5. The number of nitro benzene ring substituents is 1. The van der Waals surface area contributed by atoms with Crippen LogP contribution in [0.5, 0.6) is 5.75 Å². The van der Waals surface area contributed by atoms with E-state index in [0.29, 0.717) is 18.8 Å². The number of hydrogen-bond donors (Lipinski definition) is 1. The van der Waals surface area contributed by atoms with Gasteiger partial charge in [0.15, 0.2) is 0 Å². The number of anilines is 1. The Morgan fingerprint density at radius 1 is 1.25 bits per heavy atom. The van der Waals surface area contributed by atoms with Crippen molar-refractivity contribution in [2.75, 3.05) is 25.5 Å². The first kappa shape index (κ1) is 17.3. The van der Waals surface area contributed by atoms with Crippen LogP contribution in [0.1, 0.15) is 5.56 Å². The topological polar surface area (TPSA) is 84.7 Å². The van der Waals surface area contributed by atoms with Crippen LogP contribution in [0.15, 0.2) is 48.5 Å². The maximum absolute atomic E-state index is 12.2. The summed E-state index contributed by atoms with van der Waals surface area (Å²) in [5.41, 5.74) is 1.11. The second kappa shape index (κ2) is 7.96. The summed E-state index contributed by atoms with van der Waals surface area (Å²) in [6, 6.07) is 13.3. The van der Waals surface area contributed by atoms with Crippen molar-refractivity contribution in [2.24, 2.45) is 0 Å². The summed E-state index contributed by atoms with van der Waals surface area (Å²) >= 11 is 0. The Hall–Kier alpha value is -3.09. The number of non-ortho nitro benzene ring substituents is 1. The lowest BCUT2D eigenvalue weighted by molar-refractivity contribution is -0.384. The standard InChI is InChI=1S/C17H19N3O4/c1-13-8-9-14(20(22)23)12-16(13)18-17(21)19(2)10-11-24-15-6-4-3-5-7-15/h3-9,12H,10-11H2,1-2H3,(H,18,21). The van der Waals surface area contributed by atoms with Crippen LogP contribution in [0.4, 0.5) is 16.2 Å². The number of ether oxygens (including phenoxy) is 1. The van der Waals surface area contributed by atoms with E-state index in [2.05, 4.69) is 5.32 Å². The van der Waals surface area contributed by atoms with E-state index in [-0.39, 0.29) is 11.7 Å². The molecule has 2 rings (SSSR count). The van der Waals surface area contributed by atoms with Gasteiger partial charge in [0, 0.05) is 19.2 Å². The Bertz CT molecular complexity index is 719. The van der Waals surface area contributed by atoms with Gasteiger partial charge < -0.3 is 15.0 Å². The van der Waals surface area contributed by atoms with Crippen molar-refractivity contribution in [3.05, 3.63) is 64.2 Å². The molecule has 126 valence electrons. The Kier molecular flexibility index (Phi) is 5.73. The number of hydrogen-bond acceptors (Lipinski definition) is 4. The van der Waals surface area contributed by atoms with Crippen LogP contribution in [0, 0.1) is 17.0 Å². The molecule has 0 bridgehead atoms. The third kappa shape index (κ3) is 4.70. The summed E-state index contributed by atoms with van der Waals surface area (Å²) in [5, 5.41) is 13.5. The zero-order chi connectivity index (χ0) is 17.5. The van der Waals surface area contributed by atoms with Gasteiger partial charge in [-0.2, -0.15) is 0 Å². The fraction of sp³-hybridized carbons (Fsp3) is 0.235. The van der Waals surface area contributed by atoms with Crippen LogP contribution in [0.25, 0.3) is 0 Å². The summed E-state index contributed by atoms with van der Waals surface area (Å²) in [7, 11) is 1.64. The van der Waals surface area contributed by atoms with Gasteiger partial charge in [0.2, 0.25) is 0 Å². The Labute approximate surface area is 140 Å². The van der Waals surface area contributed by atoms with E-state index < -0.39 is 4.92 Å². The van der Waals surface area contributed by atoms with Crippen molar-refractivity contribution in [2.45, 2.75) is 6.92 Å². The molecule has 2 amide bonds. The normalized spacial score (nSPS) is 10.1. The molecule has 2 aromatic rings. The largest absolute Gasteiger partial charge is 0.492 e. The molecule has 0 saturated carbocycles. The molecule has 0 aliphatic carbocycles. The van der Waals surface area contributed by atoms with Gasteiger partial charge >= 0.3 is 6.03 Å². The fourth-order valence-electron chi connectivity index (χ4n) is 1.99. The SMILES string of the molecule is Cc1ccc([N+](=O)[O-])cc1NC(=O)N(C)CCOc1ccccc1. The van der Waals surface area contributed by atoms with Crippen LogP contribution < -0.4 is 10.1 Å². The molecular weight excluding hydrogens is 310 g/mol. The molecule has 0 aromatic heterocycles. The van der Waals surface area contributed by atoms with Gasteiger partial charge in [-0.25, -0.2) is 4.79 Å². The number of nitrogens with zero attached hydrogens (tertiary/aromatic N) is 2. The molecule has 24 heavy (non-hydrogen) atoms. The molecule has 0 saturated heterocycles. The molecule has 0 spiro atoms. The van der Waals surface area contributed by atoms with E-state index in [1.165, 1.54) is 17.0 Å². The average Bonchev–Trinajstić information content (AvgIpc) is 2.57. The molecule has 0 fully saturated rings. The van der Waals surface area contributed by atoms with E-state index >= 15 is 0 Å². The van der Waals surface area contributed by atoms with Crippen LogP contribution in [0.2, 0.25) is 0 Å². The molecule has 0 atom stereocenters. The van der Waals surface area contributed by atoms with Gasteiger partial charge in [-0.1, -0.05) is 24.3 Å². The zero-order valence-electron chi connectivity index (χ0n) is 13.6. The van der Waals surface area contributed by atoms with Crippen molar-refractivity contribution in [1.29, 1.82) is 0 Å². The third-order valence-corrected chi connectivity index (χ3v) is 3.46. The maximum Gasteiger partial charge on any atom is 0.321 e. The molecule has 0 radical (unpaired) electrons. The van der Waals surface area contributed by atoms with Gasteiger partial charge in [0.1, 0.15) is 12.4 Å². The highest BCUT2D eigenvalue weighted by Gasteiger charge is 2.13. The third-order valence-electron chi connectivity index (χ3n) is 3.46. The molecule has 2 aromatic carbocycles. The second-order valence-corrected chi connectivity index (χ2v) is 5.27. The van der Waals surface area contributed by atoms with Crippen molar-refractivity contribution in [3.8, 4) is 5.75 Å². The molecule has 1 N–H and O–H groups in total. The van der Waals surface area contributed by atoms with E-state index in [9.17, 15) is 14.9 Å². The number of nitrogens with one attached hydrogen (secondary N) is 1. The van der Waals surface area contributed by atoms with E-state index in [1.54, 1.807) is 20.0 Å². The maximum atomic E-state index is 12.2. The number of benzene rings is 2. The minimum absolute atomic E-state index is 0.0639. The molecule has 0 unspecified atom stereocenters. The Morgan fingerprint density at radius 2 is 1.96 bits per heavy atom. The summed E-state index contributed by atoms with van der Waals surface area (Å²) < 4.78 is 5.54. The zero-order valence-corrected chi connectivity index (χ0v) is 13.6. The number of para-hydroxylation sites is 1. The van der Waals surface area contributed by atoms with Crippen molar-refractivity contribution < 1.29 is 14.5 Å². The summed E-state index contributed by atoms with van der Waals surface area (Å²) in [4.78, 5) is 24.0. The number of amides is 2. The van der Waals surface area contributed by atoms with Crippen LogP contribution in [-0.4, -0.2) is 36.1 Å². The summed E-state index contributed by atoms with van der Waals surface area (Å²) in [5.74, 6) is 0.737. The first-order valence-corrected chi connectivity index (χ1v) is 7.42. The van der Waals surface area contributed by atoms with Gasteiger partial charge in [-0.05, 0) is 24.6 Å². The lowest BCUT2D eigenvalue weighted by Crippen LogP contribution is -2.34. The minimum Gasteiger partial charge on any atom is -0.492 e. The number of likely N-dealkylation sites (N-methyl/N-ethyl adjacent to an activating group) is 1. The quantitative estimate of drug-likeness (QED) is 0.650. The Balaban J connectivity index is 1.89. The van der Waals surface area contributed by atoms with E-state index in [4.69, 9.17) is 4.74 Å². The number of aryl methyl sites for hydroxylation is 1. The number of nitro groups is 1. The molecule has 0 aliphatic heterocycles. The van der Waals surface area contributed by atoms with Crippen LogP contribution >= 0.6 is 0 Å². The highest BCUT2D eigenvalue weighted by atomic mass is 16.6. The number of rotatable bonds is 6. The molecular formula is C17H19N3O4. The lowest BCUT2D eigenvalue weighted by Gasteiger charge is -2.19. The highest BCUT2D eigenvalue weighted by molar-refractivity contribution is 5.90. The Morgan fingerprint density at radius 3 is 2.62 bits per heavy atom. The molecule has 7 heteroatoms. The lowest BCUT2D eigenvalue weighted by atomic mass is 10.2. The van der Waals surface area contributed by atoms with Crippen molar-refractivity contribution in [1.82, 2.24) is 4.90 Å². The minimum atomic E-state index is -0.494. The highest BCUT2D eigenvalue weighted by Crippen LogP contribution is 2.22.